The molecule has 41 heavy (non-hydrogen) atoms. The predicted molar refractivity (Wildman–Crippen MR) is 150 cm³/mol. The third-order valence-electron chi connectivity index (χ3n) is 9.56. The third-order valence-corrected chi connectivity index (χ3v) is 9.56. The normalized spacial score (nSPS) is 28.4. The largest absolute Gasteiger partial charge is 0.487 e. The van der Waals surface area contributed by atoms with Crippen molar-refractivity contribution in [3.05, 3.63) is 76.5 Å². The first-order chi connectivity index (χ1) is 19.5. The van der Waals surface area contributed by atoms with Crippen molar-refractivity contribution >= 4 is 17.0 Å². The first kappa shape index (κ1) is 26.2. The summed E-state index contributed by atoms with van der Waals surface area (Å²) in [5.41, 5.74) is 6.34. The minimum Gasteiger partial charge on any atom is -0.487 e. The van der Waals surface area contributed by atoms with Gasteiger partial charge in [0.15, 0.2) is 0 Å². The Bertz CT molecular complexity index is 1630. The average Bonchev–Trinajstić information content (AvgIpc) is 3.49. The van der Waals surface area contributed by atoms with E-state index in [0.29, 0.717) is 38.3 Å². The van der Waals surface area contributed by atoms with Crippen LogP contribution >= 0.6 is 0 Å². The number of carbonyl (C=O) groups is 1. The number of aliphatic carboxylic acids is 1. The molecule has 7 nitrogen and oxygen atoms in total. The summed E-state index contributed by atoms with van der Waals surface area (Å²) in [6.45, 7) is 7.17. The Hall–Kier alpha value is -3.75. The van der Waals surface area contributed by atoms with Crippen molar-refractivity contribution in [2.75, 3.05) is 13.1 Å². The highest BCUT2D eigenvalue weighted by Crippen LogP contribution is 2.59. The third kappa shape index (κ3) is 4.23. The second-order valence-corrected chi connectivity index (χ2v) is 12.5. The number of hydrogen-bond acceptors (Lipinski definition) is 5. The maximum absolute atomic E-state index is 14.3. The monoisotopic (exact) mass is 560 g/mol. The van der Waals surface area contributed by atoms with E-state index in [1.165, 1.54) is 5.57 Å². The molecule has 2 aliphatic carbocycles. The summed E-state index contributed by atoms with van der Waals surface area (Å²) >= 11 is 0. The number of aromatic nitrogens is 3. The molecule has 9 heteroatoms. The van der Waals surface area contributed by atoms with Gasteiger partial charge in [0, 0.05) is 48.8 Å². The second kappa shape index (κ2) is 9.13. The van der Waals surface area contributed by atoms with Crippen LogP contribution in [-0.2, 0) is 17.9 Å². The van der Waals surface area contributed by atoms with Gasteiger partial charge in [-0.25, -0.2) is 13.8 Å². The van der Waals surface area contributed by atoms with Crippen LogP contribution in [0.3, 0.4) is 0 Å². The van der Waals surface area contributed by atoms with Crippen LogP contribution in [0.5, 0.6) is 5.75 Å². The molecule has 1 fully saturated rings. The van der Waals surface area contributed by atoms with Gasteiger partial charge >= 0.3 is 5.97 Å². The van der Waals surface area contributed by atoms with Crippen molar-refractivity contribution < 1.29 is 23.4 Å². The number of allylic oxidation sites excluding steroid dienone is 3. The van der Waals surface area contributed by atoms with Gasteiger partial charge in [-0.15, -0.1) is 0 Å². The minimum absolute atomic E-state index is 0.0319. The number of pyridine rings is 1. The molecular formula is C32H34F2N4O3. The lowest BCUT2D eigenvalue weighted by Gasteiger charge is -2.51. The van der Waals surface area contributed by atoms with E-state index in [2.05, 4.69) is 29.5 Å². The Balaban J connectivity index is 1.31. The van der Waals surface area contributed by atoms with Gasteiger partial charge in [-0.05, 0) is 49.1 Å². The van der Waals surface area contributed by atoms with Crippen molar-refractivity contribution in [3.63, 3.8) is 0 Å². The molecule has 3 aromatic rings. The molecule has 2 unspecified atom stereocenters. The van der Waals surface area contributed by atoms with Crippen LogP contribution in [0.4, 0.5) is 8.78 Å². The first-order valence-electron chi connectivity index (χ1n) is 14.4. The van der Waals surface area contributed by atoms with Crippen LogP contribution in [-0.4, -0.2) is 49.5 Å². The van der Waals surface area contributed by atoms with Gasteiger partial charge < -0.3 is 19.3 Å². The van der Waals surface area contributed by atoms with Gasteiger partial charge in [0.05, 0.1) is 35.1 Å². The lowest BCUT2D eigenvalue weighted by Crippen LogP contribution is -2.46. The fraction of sp³-hybridized carbons (Fsp3) is 0.469. The Morgan fingerprint density at radius 1 is 1.22 bits per heavy atom. The second-order valence-electron chi connectivity index (χ2n) is 12.5. The predicted octanol–water partition coefficient (Wildman–Crippen LogP) is 6.09. The molecule has 0 bridgehead atoms. The Kier molecular flexibility index (Phi) is 5.83. The molecule has 0 radical (unpaired) electrons. The summed E-state index contributed by atoms with van der Waals surface area (Å²) in [5.74, 6) is -3.05. The smallest absolute Gasteiger partial charge is 0.307 e. The van der Waals surface area contributed by atoms with Gasteiger partial charge in [0.1, 0.15) is 18.2 Å². The van der Waals surface area contributed by atoms with Gasteiger partial charge in [-0.1, -0.05) is 31.6 Å². The van der Waals surface area contributed by atoms with Crippen molar-refractivity contribution in [2.24, 2.45) is 17.3 Å². The fourth-order valence-corrected chi connectivity index (χ4v) is 7.60. The molecule has 214 valence electrons. The standard InChI is InChI=1S/C32H34F2N4O3/c1-18-4-5-20(35-14-18)15-41-21-6-9-24-25(12-21)38-16-31(3)13-26(37-11-10-32(33,34)17-37)19(2)22-7-8-23(30(39)40)27(28(22)31)29(38)36-24/h4-6,9,12-14,19,23,27H,7-8,10-11,15-17H2,1-3H3,(H,39,40)/t19?,23-,27-,31?/m1/s1. The van der Waals surface area contributed by atoms with Gasteiger partial charge in [0.25, 0.3) is 5.92 Å². The molecule has 4 atom stereocenters. The Morgan fingerprint density at radius 2 is 2.05 bits per heavy atom. The quantitative estimate of drug-likeness (QED) is 0.381. The van der Waals surface area contributed by atoms with E-state index in [9.17, 15) is 18.7 Å². The van der Waals surface area contributed by atoms with Crippen LogP contribution < -0.4 is 4.74 Å². The molecule has 4 aliphatic rings. The van der Waals surface area contributed by atoms with E-state index in [-0.39, 0.29) is 24.8 Å². The highest BCUT2D eigenvalue weighted by Gasteiger charge is 2.53. The Labute approximate surface area is 237 Å². The zero-order valence-corrected chi connectivity index (χ0v) is 23.5. The summed E-state index contributed by atoms with van der Waals surface area (Å²) in [5, 5.41) is 10.3. The van der Waals surface area contributed by atoms with Crippen LogP contribution in [0.15, 0.2) is 59.4 Å². The number of rotatable bonds is 5. The lowest BCUT2D eigenvalue weighted by atomic mass is 9.58. The lowest BCUT2D eigenvalue weighted by molar-refractivity contribution is -0.143. The van der Waals surface area contributed by atoms with E-state index in [0.717, 1.165) is 39.4 Å². The summed E-state index contributed by atoms with van der Waals surface area (Å²) in [7, 11) is 0. The summed E-state index contributed by atoms with van der Waals surface area (Å²) in [6.07, 6.45) is 5.00. The fourth-order valence-electron chi connectivity index (χ4n) is 7.60. The van der Waals surface area contributed by atoms with Gasteiger partial charge in [-0.3, -0.25) is 9.78 Å². The number of benzene rings is 1. The van der Waals surface area contributed by atoms with Crippen LogP contribution in [0.25, 0.3) is 11.0 Å². The van der Waals surface area contributed by atoms with Crippen LogP contribution in [0, 0.1) is 24.2 Å². The number of ether oxygens (including phenoxy) is 1. The molecule has 1 aromatic carbocycles. The van der Waals surface area contributed by atoms with Crippen molar-refractivity contribution in [3.8, 4) is 5.75 Å². The zero-order chi connectivity index (χ0) is 28.7. The minimum atomic E-state index is -2.69. The van der Waals surface area contributed by atoms with Gasteiger partial charge in [-0.2, -0.15) is 0 Å². The van der Waals surface area contributed by atoms with Crippen molar-refractivity contribution in [1.82, 2.24) is 19.4 Å². The summed E-state index contributed by atoms with van der Waals surface area (Å²) in [6, 6.07) is 9.73. The number of hydrogen-bond donors (Lipinski definition) is 1. The topological polar surface area (TPSA) is 80.5 Å². The summed E-state index contributed by atoms with van der Waals surface area (Å²) in [4.78, 5) is 23.9. The number of carboxylic acid groups (broad SMARTS) is 1. The first-order valence-corrected chi connectivity index (χ1v) is 14.4. The Morgan fingerprint density at radius 3 is 2.76 bits per heavy atom. The molecule has 1 N–H and O–H groups in total. The number of carboxylic acids is 1. The van der Waals surface area contributed by atoms with E-state index in [1.807, 2.05) is 48.4 Å². The zero-order valence-electron chi connectivity index (χ0n) is 23.5. The molecule has 2 aliphatic heterocycles. The molecule has 0 amide bonds. The molecule has 1 saturated heterocycles. The molecule has 4 heterocycles. The summed E-state index contributed by atoms with van der Waals surface area (Å²) < 4.78 is 36.8. The number of likely N-dealkylation sites (tertiary alicyclic amines) is 1. The number of aryl methyl sites for hydroxylation is 1. The number of fused-ring (bicyclic) bond motifs is 4. The van der Waals surface area contributed by atoms with E-state index >= 15 is 0 Å². The maximum atomic E-state index is 14.3. The van der Waals surface area contributed by atoms with E-state index < -0.39 is 23.2 Å². The molecule has 2 aromatic heterocycles. The maximum Gasteiger partial charge on any atom is 0.307 e. The highest BCUT2D eigenvalue weighted by atomic mass is 19.3. The molecule has 0 spiro atoms. The SMILES string of the molecule is Cc1ccc(COc2ccc3nc4n(c3c2)CC2(C)C=C(N3CCC(F)(F)C3)C(C)C3=C2[C@H]4[C@H](C(=O)O)CC3)nc1. The van der Waals surface area contributed by atoms with Crippen molar-refractivity contribution in [1.29, 1.82) is 0 Å². The van der Waals surface area contributed by atoms with Gasteiger partial charge in [0.2, 0.25) is 0 Å². The number of imidazole rings is 1. The average molecular weight is 561 g/mol. The molecule has 0 saturated carbocycles. The number of alkyl halides is 2. The number of halogens is 2. The van der Waals surface area contributed by atoms with E-state index in [1.54, 1.807) is 0 Å². The molecular weight excluding hydrogens is 526 g/mol. The van der Waals surface area contributed by atoms with Crippen molar-refractivity contribution in [2.45, 2.75) is 65.0 Å². The van der Waals surface area contributed by atoms with Crippen LogP contribution in [0.2, 0.25) is 0 Å². The number of nitrogens with zero attached hydrogens (tertiary/aromatic N) is 4. The van der Waals surface area contributed by atoms with Crippen LogP contribution in [0.1, 0.15) is 56.1 Å². The van der Waals surface area contributed by atoms with E-state index in [4.69, 9.17) is 9.72 Å². The highest BCUT2D eigenvalue weighted by molar-refractivity contribution is 5.80. The molecule has 7 rings (SSSR count).